The molecule has 3 aliphatic rings. The van der Waals surface area contributed by atoms with Crippen molar-refractivity contribution in [1.82, 2.24) is 20.5 Å². The van der Waals surface area contributed by atoms with Gasteiger partial charge in [0.15, 0.2) is 0 Å². The summed E-state index contributed by atoms with van der Waals surface area (Å²) in [5.41, 5.74) is 0.666. The van der Waals surface area contributed by atoms with Crippen LogP contribution in [0.2, 0.25) is 0 Å². The molecule has 1 aliphatic carbocycles. The summed E-state index contributed by atoms with van der Waals surface area (Å²) in [7, 11) is 0. The van der Waals surface area contributed by atoms with E-state index in [0.29, 0.717) is 38.0 Å². The third-order valence-corrected chi connectivity index (χ3v) is 6.39. The second kappa shape index (κ2) is 10.7. The Hall–Kier alpha value is -2.55. The highest BCUT2D eigenvalue weighted by Crippen LogP contribution is 2.19. The summed E-state index contributed by atoms with van der Waals surface area (Å²) < 4.78 is 5.36. The highest BCUT2D eigenvalue weighted by Gasteiger charge is 2.25. The molecule has 0 bridgehead atoms. The number of pyridine rings is 1. The van der Waals surface area contributed by atoms with Gasteiger partial charge in [0.1, 0.15) is 5.82 Å². The predicted octanol–water partition coefficient (Wildman–Crippen LogP) is 2.55. The molecule has 4 rings (SSSR count). The highest BCUT2D eigenvalue weighted by atomic mass is 16.5. The Labute approximate surface area is 183 Å². The maximum atomic E-state index is 12.5. The number of morpholine rings is 1. The number of carbonyl (C=O) groups excluding carboxylic acids is 2. The van der Waals surface area contributed by atoms with E-state index in [2.05, 4.69) is 25.8 Å². The van der Waals surface area contributed by atoms with Gasteiger partial charge in [0.25, 0.3) is 0 Å². The molecule has 0 spiro atoms. The summed E-state index contributed by atoms with van der Waals surface area (Å²) in [6.07, 6.45) is 9.08. The number of hydrogen-bond acceptors (Lipinski definition) is 5. The van der Waals surface area contributed by atoms with Crippen molar-refractivity contribution in [3.05, 3.63) is 18.3 Å². The van der Waals surface area contributed by atoms with E-state index in [0.717, 1.165) is 44.6 Å². The molecule has 0 atom stereocenters. The fourth-order valence-electron chi connectivity index (χ4n) is 4.53. The van der Waals surface area contributed by atoms with E-state index in [4.69, 9.17) is 4.74 Å². The Balaban J connectivity index is 1.17. The third-order valence-electron chi connectivity index (χ3n) is 6.39. The number of piperidine rings is 1. The van der Waals surface area contributed by atoms with Crippen LogP contribution in [0, 0.1) is 0 Å². The number of carbonyl (C=O) groups is 2. The minimum Gasteiger partial charge on any atom is -0.378 e. The molecule has 0 radical (unpaired) electrons. The first-order valence-corrected chi connectivity index (χ1v) is 11.6. The number of nitrogens with one attached hydrogen (secondary N) is 3. The van der Waals surface area contributed by atoms with Gasteiger partial charge in [0.05, 0.1) is 25.1 Å². The molecule has 3 heterocycles. The Morgan fingerprint density at radius 1 is 0.903 bits per heavy atom. The van der Waals surface area contributed by atoms with E-state index in [1.54, 1.807) is 6.20 Å². The van der Waals surface area contributed by atoms with E-state index in [9.17, 15) is 9.59 Å². The molecule has 1 aromatic rings. The van der Waals surface area contributed by atoms with Gasteiger partial charge in [0.2, 0.25) is 0 Å². The first-order chi connectivity index (χ1) is 15.2. The van der Waals surface area contributed by atoms with E-state index < -0.39 is 0 Å². The normalized spacial score (nSPS) is 20.9. The minimum atomic E-state index is -0.231. The number of ether oxygens (including phenoxy) is 1. The van der Waals surface area contributed by atoms with Gasteiger partial charge in [-0.2, -0.15) is 0 Å². The van der Waals surface area contributed by atoms with Crippen LogP contribution in [0.25, 0.3) is 0 Å². The number of hydrogen-bond donors (Lipinski definition) is 3. The number of anilines is 2. The number of amides is 4. The molecule has 2 aliphatic heterocycles. The zero-order valence-corrected chi connectivity index (χ0v) is 18.1. The molecule has 2 saturated heterocycles. The van der Waals surface area contributed by atoms with Gasteiger partial charge >= 0.3 is 12.1 Å². The van der Waals surface area contributed by atoms with Crippen LogP contribution in [0.4, 0.5) is 21.1 Å². The van der Waals surface area contributed by atoms with Crippen molar-refractivity contribution in [2.45, 2.75) is 57.0 Å². The van der Waals surface area contributed by atoms with Crippen molar-refractivity contribution in [1.29, 1.82) is 0 Å². The number of likely N-dealkylation sites (tertiary alicyclic amines) is 1. The molecule has 0 unspecified atom stereocenters. The molecule has 9 heteroatoms. The molecule has 1 aromatic heterocycles. The minimum absolute atomic E-state index is 0.0428. The summed E-state index contributed by atoms with van der Waals surface area (Å²) >= 11 is 0. The standard InChI is InChI=1S/C22H34N6O3/c29-21(25-19-6-7-20(23-16-19)27-12-14-31-15-13-27)24-18-8-10-28(11-9-18)22(30)26-17-4-2-1-3-5-17/h6-7,16-18H,1-5,8-15H2,(H,26,30)(H2,24,25,29). The molecule has 4 amide bonds. The van der Waals surface area contributed by atoms with Crippen molar-refractivity contribution in [2.24, 2.45) is 0 Å². The average molecular weight is 431 g/mol. The summed E-state index contributed by atoms with van der Waals surface area (Å²) in [6, 6.07) is 4.00. The molecule has 31 heavy (non-hydrogen) atoms. The zero-order chi connectivity index (χ0) is 21.5. The lowest BCUT2D eigenvalue weighted by Gasteiger charge is -2.34. The quantitative estimate of drug-likeness (QED) is 0.682. The molecule has 3 fully saturated rings. The number of aromatic nitrogens is 1. The van der Waals surface area contributed by atoms with E-state index in [-0.39, 0.29) is 18.1 Å². The van der Waals surface area contributed by atoms with E-state index in [1.807, 2.05) is 17.0 Å². The number of nitrogens with zero attached hydrogens (tertiary/aromatic N) is 3. The Kier molecular flexibility index (Phi) is 7.45. The molecule has 170 valence electrons. The van der Waals surface area contributed by atoms with Crippen molar-refractivity contribution < 1.29 is 14.3 Å². The SMILES string of the molecule is O=C(Nc1ccc(N2CCOCC2)nc1)NC1CCN(C(=O)NC2CCCCC2)CC1. The molecule has 1 saturated carbocycles. The number of rotatable bonds is 4. The van der Waals surface area contributed by atoms with Crippen LogP contribution in [0.3, 0.4) is 0 Å². The highest BCUT2D eigenvalue weighted by molar-refractivity contribution is 5.89. The average Bonchev–Trinajstić information content (AvgIpc) is 2.81. The summed E-state index contributed by atoms with van der Waals surface area (Å²) in [6.45, 7) is 4.42. The van der Waals surface area contributed by atoms with Crippen LogP contribution in [0.5, 0.6) is 0 Å². The fourth-order valence-corrected chi connectivity index (χ4v) is 4.53. The lowest BCUT2D eigenvalue weighted by molar-refractivity contribution is 0.122. The molecular weight excluding hydrogens is 396 g/mol. The van der Waals surface area contributed by atoms with Crippen LogP contribution in [-0.2, 0) is 4.74 Å². The van der Waals surface area contributed by atoms with Crippen molar-refractivity contribution in [3.63, 3.8) is 0 Å². The summed E-state index contributed by atoms with van der Waals surface area (Å²) in [5, 5.41) is 9.06. The van der Waals surface area contributed by atoms with Gasteiger partial charge in [0, 0.05) is 38.3 Å². The van der Waals surface area contributed by atoms with Gasteiger partial charge < -0.3 is 30.5 Å². The smallest absolute Gasteiger partial charge is 0.319 e. The Bertz CT molecular complexity index is 723. The van der Waals surface area contributed by atoms with Gasteiger partial charge in [-0.1, -0.05) is 19.3 Å². The lowest BCUT2D eigenvalue weighted by atomic mass is 9.95. The Morgan fingerprint density at radius 2 is 1.61 bits per heavy atom. The van der Waals surface area contributed by atoms with E-state index >= 15 is 0 Å². The summed E-state index contributed by atoms with van der Waals surface area (Å²) in [5.74, 6) is 0.896. The summed E-state index contributed by atoms with van der Waals surface area (Å²) in [4.78, 5) is 33.4. The lowest BCUT2D eigenvalue weighted by Crippen LogP contribution is -2.52. The van der Waals surface area contributed by atoms with Crippen LogP contribution in [0.1, 0.15) is 44.9 Å². The van der Waals surface area contributed by atoms with Crippen molar-refractivity contribution in [2.75, 3.05) is 49.6 Å². The monoisotopic (exact) mass is 430 g/mol. The van der Waals surface area contributed by atoms with E-state index in [1.165, 1.54) is 19.3 Å². The van der Waals surface area contributed by atoms with Gasteiger partial charge in [-0.3, -0.25) is 0 Å². The van der Waals surface area contributed by atoms with Crippen LogP contribution >= 0.6 is 0 Å². The molecule has 0 aromatic carbocycles. The maximum absolute atomic E-state index is 12.5. The Morgan fingerprint density at radius 3 is 2.29 bits per heavy atom. The molecule has 3 N–H and O–H groups in total. The van der Waals surface area contributed by atoms with Gasteiger partial charge in [-0.25, -0.2) is 14.6 Å². The van der Waals surface area contributed by atoms with Crippen molar-refractivity contribution in [3.8, 4) is 0 Å². The van der Waals surface area contributed by atoms with Crippen LogP contribution in [0.15, 0.2) is 18.3 Å². The predicted molar refractivity (Wildman–Crippen MR) is 119 cm³/mol. The first kappa shape index (κ1) is 21.7. The maximum Gasteiger partial charge on any atom is 0.319 e. The van der Waals surface area contributed by atoms with Gasteiger partial charge in [-0.05, 0) is 37.8 Å². The zero-order valence-electron chi connectivity index (χ0n) is 18.1. The third kappa shape index (κ3) is 6.22. The fraction of sp³-hybridized carbons (Fsp3) is 0.682. The van der Waals surface area contributed by atoms with Crippen molar-refractivity contribution >= 4 is 23.6 Å². The second-order valence-electron chi connectivity index (χ2n) is 8.65. The number of urea groups is 2. The van der Waals surface area contributed by atoms with Crippen LogP contribution < -0.4 is 20.9 Å². The van der Waals surface area contributed by atoms with Gasteiger partial charge in [-0.15, -0.1) is 0 Å². The second-order valence-corrected chi connectivity index (χ2v) is 8.65. The topological polar surface area (TPSA) is 98.8 Å². The molecule has 9 nitrogen and oxygen atoms in total. The largest absolute Gasteiger partial charge is 0.378 e. The first-order valence-electron chi connectivity index (χ1n) is 11.6. The molecular formula is C22H34N6O3. The van der Waals surface area contributed by atoms with Crippen LogP contribution in [-0.4, -0.2) is 73.4 Å².